The van der Waals surface area contributed by atoms with Crippen molar-refractivity contribution in [2.45, 2.75) is 6.92 Å². The van der Waals surface area contributed by atoms with Crippen molar-refractivity contribution < 1.29 is 9.18 Å². The Morgan fingerprint density at radius 3 is 2.59 bits per heavy atom. The Morgan fingerprint density at radius 2 is 1.88 bits per heavy atom. The summed E-state index contributed by atoms with van der Waals surface area (Å²) in [6.45, 7) is 1.90. The number of aryl methyl sites for hydroxylation is 1. The van der Waals surface area contributed by atoms with E-state index >= 15 is 0 Å². The summed E-state index contributed by atoms with van der Waals surface area (Å²) in [5.41, 5.74) is 1.57. The maximum absolute atomic E-state index is 13.8. The van der Waals surface area contributed by atoms with E-state index in [-0.39, 0.29) is 11.3 Å². The van der Waals surface area contributed by atoms with Crippen molar-refractivity contribution in [1.29, 1.82) is 0 Å². The zero-order valence-corrected chi connectivity index (χ0v) is 10.8. The number of carbonyl (C=O) groups excluding carboxylic acids is 1. The number of benzene rings is 2. The summed E-state index contributed by atoms with van der Waals surface area (Å²) in [6.07, 6.45) is 0. The van der Waals surface area contributed by atoms with Gasteiger partial charge in [-0.05, 0) is 41.1 Å². The molecule has 0 unspecified atom stereocenters. The van der Waals surface area contributed by atoms with E-state index in [0.717, 1.165) is 5.56 Å². The first-order chi connectivity index (χ1) is 8.09. The number of ketones is 1. The van der Waals surface area contributed by atoms with Gasteiger partial charge in [0.2, 0.25) is 0 Å². The van der Waals surface area contributed by atoms with Crippen LogP contribution in [0.5, 0.6) is 0 Å². The van der Waals surface area contributed by atoms with Gasteiger partial charge in [0, 0.05) is 5.56 Å². The van der Waals surface area contributed by atoms with Gasteiger partial charge in [0.05, 0.1) is 10.0 Å². The molecule has 1 nitrogen and oxygen atoms in total. The third kappa shape index (κ3) is 2.44. The molecule has 3 heteroatoms. The molecule has 0 bridgehead atoms. The van der Waals surface area contributed by atoms with E-state index in [1.165, 1.54) is 6.07 Å². The van der Waals surface area contributed by atoms with Gasteiger partial charge in [-0.3, -0.25) is 4.79 Å². The molecule has 0 spiro atoms. The predicted octanol–water partition coefficient (Wildman–Crippen LogP) is 4.13. The quantitative estimate of drug-likeness (QED) is 0.761. The largest absolute Gasteiger partial charge is 0.288 e. The second-order valence-corrected chi connectivity index (χ2v) is 4.65. The summed E-state index contributed by atoms with van der Waals surface area (Å²) in [5, 5.41) is 0. The van der Waals surface area contributed by atoms with Crippen molar-refractivity contribution in [3.05, 3.63) is 69.4 Å². The topological polar surface area (TPSA) is 17.1 Å². The number of halogens is 2. The second-order valence-electron chi connectivity index (χ2n) is 3.80. The number of carbonyl (C=O) groups is 1. The summed E-state index contributed by atoms with van der Waals surface area (Å²) >= 11 is 3.07. The lowest BCUT2D eigenvalue weighted by molar-refractivity contribution is 0.103. The van der Waals surface area contributed by atoms with E-state index in [0.29, 0.717) is 10.0 Å². The average Bonchev–Trinajstić information content (AvgIpc) is 2.32. The minimum absolute atomic E-state index is 0.0879. The van der Waals surface area contributed by atoms with Gasteiger partial charge in [-0.25, -0.2) is 4.39 Å². The predicted molar refractivity (Wildman–Crippen MR) is 68.7 cm³/mol. The molecule has 0 saturated carbocycles. The molecule has 0 aliphatic heterocycles. The van der Waals surface area contributed by atoms with E-state index in [1.807, 2.05) is 13.0 Å². The first-order valence-corrected chi connectivity index (χ1v) is 5.94. The normalized spacial score (nSPS) is 10.3. The maximum Gasteiger partial charge on any atom is 0.196 e. The SMILES string of the molecule is Cc1cccc(C(=O)c2cccc(Br)c2F)c1. The van der Waals surface area contributed by atoms with Gasteiger partial charge < -0.3 is 0 Å². The fraction of sp³-hybridized carbons (Fsp3) is 0.0714. The van der Waals surface area contributed by atoms with Gasteiger partial charge in [0.15, 0.2) is 5.78 Å². The summed E-state index contributed by atoms with van der Waals surface area (Å²) < 4.78 is 14.1. The highest BCUT2D eigenvalue weighted by atomic mass is 79.9. The van der Waals surface area contributed by atoms with Gasteiger partial charge in [-0.1, -0.05) is 29.8 Å². The summed E-state index contributed by atoms with van der Waals surface area (Å²) in [4.78, 5) is 12.1. The smallest absolute Gasteiger partial charge is 0.196 e. The van der Waals surface area contributed by atoms with Crippen LogP contribution < -0.4 is 0 Å². The van der Waals surface area contributed by atoms with Crippen LogP contribution in [-0.4, -0.2) is 5.78 Å². The summed E-state index contributed by atoms with van der Waals surface area (Å²) in [6, 6.07) is 11.8. The highest BCUT2D eigenvalue weighted by Gasteiger charge is 2.15. The lowest BCUT2D eigenvalue weighted by atomic mass is 10.0. The van der Waals surface area contributed by atoms with Crippen LogP contribution in [0.1, 0.15) is 21.5 Å². The minimum Gasteiger partial charge on any atom is -0.288 e. The van der Waals surface area contributed by atoms with Crippen LogP contribution in [0.3, 0.4) is 0 Å². The van der Waals surface area contributed by atoms with E-state index in [2.05, 4.69) is 15.9 Å². The molecule has 2 aromatic rings. The van der Waals surface area contributed by atoms with Gasteiger partial charge in [0.1, 0.15) is 5.82 Å². The lowest BCUT2D eigenvalue weighted by Crippen LogP contribution is -2.04. The van der Waals surface area contributed by atoms with Crippen molar-refractivity contribution in [3.8, 4) is 0 Å². The average molecular weight is 293 g/mol. The number of rotatable bonds is 2. The molecular weight excluding hydrogens is 283 g/mol. The van der Waals surface area contributed by atoms with Gasteiger partial charge in [0.25, 0.3) is 0 Å². The van der Waals surface area contributed by atoms with Crippen molar-refractivity contribution in [2.75, 3.05) is 0 Å². The molecule has 0 amide bonds. The Hall–Kier alpha value is -1.48. The number of hydrogen-bond acceptors (Lipinski definition) is 1. The Labute approximate surface area is 107 Å². The fourth-order valence-electron chi connectivity index (χ4n) is 1.62. The highest BCUT2D eigenvalue weighted by Crippen LogP contribution is 2.21. The van der Waals surface area contributed by atoms with Crippen molar-refractivity contribution in [1.82, 2.24) is 0 Å². The van der Waals surface area contributed by atoms with Crippen LogP contribution in [0.25, 0.3) is 0 Å². The lowest BCUT2D eigenvalue weighted by Gasteiger charge is -2.04. The third-order valence-electron chi connectivity index (χ3n) is 2.48. The number of hydrogen-bond donors (Lipinski definition) is 0. The molecule has 86 valence electrons. The molecule has 0 aromatic heterocycles. The highest BCUT2D eigenvalue weighted by molar-refractivity contribution is 9.10. The van der Waals surface area contributed by atoms with Crippen LogP contribution in [0, 0.1) is 12.7 Å². The minimum atomic E-state index is -0.515. The monoisotopic (exact) mass is 292 g/mol. The van der Waals surface area contributed by atoms with Crippen LogP contribution in [-0.2, 0) is 0 Å². The van der Waals surface area contributed by atoms with Gasteiger partial charge in [-0.2, -0.15) is 0 Å². The van der Waals surface area contributed by atoms with E-state index in [9.17, 15) is 9.18 Å². The van der Waals surface area contributed by atoms with Gasteiger partial charge >= 0.3 is 0 Å². The first kappa shape index (κ1) is 12.0. The van der Waals surface area contributed by atoms with Crippen LogP contribution >= 0.6 is 15.9 Å². The van der Waals surface area contributed by atoms with Crippen molar-refractivity contribution in [3.63, 3.8) is 0 Å². The Morgan fingerprint density at radius 1 is 1.18 bits per heavy atom. The molecule has 0 saturated heterocycles. The summed E-state index contributed by atoms with van der Waals surface area (Å²) in [5.74, 6) is -0.813. The molecule has 0 radical (unpaired) electrons. The van der Waals surface area contributed by atoms with Gasteiger partial charge in [-0.15, -0.1) is 0 Å². The molecule has 0 aliphatic rings. The molecule has 0 aliphatic carbocycles. The molecule has 0 N–H and O–H groups in total. The standard InChI is InChI=1S/C14H10BrFO/c1-9-4-2-5-10(8-9)14(17)11-6-3-7-12(15)13(11)16/h2-8H,1H3. The van der Waals surface area contributed by atoms with Crippen LogP contribution in [0.15, 0.2) is 46.9 Å². The Kier molecular flexibility index (Phi) is 3.38. The molecule has 0 atom stereocenters. The zero-order chi connectivity index (χ0) is 12.4. The second kappa shape index (κ2) is 4.80. The Bertz CT molecular complexity index is 578. The molecule has 17 heavy (non-hydrogen) atoms. The fourth-order valence-corrected chi connectivity index (χ4v) is 1.99. The maximum atomic E-state index is 13.8. The molecule has 0 fully saturated rings. The van der Waals surface area contributed by atoms with Crippen molar-refractivity contribution >= 4 is 21.7 Å². The first-order valence-electron chi connectivity index (χ1n) is 5.15. The Balaban J connectivity index is 2.48. The van der Waals surface area contributed by atoms with Crippen LogP contribution in [0.2, 0.25) is 0 Å². The van der Waals surface area contributed by atoms with Crippen molar-refractivity contribution in [2.24, 2.45) is 0 Å². The molecule has 0 heterocycles. The van der Waals surface area contributed by atoms with E-state index < -0.39 is 5.82 Å². The third-order valence-corrected chi connectivity index (χ3v) is 3.09. The van der Waals surface area contributed by atoms with Crippen LogP contribution in [0.4, 0.5) is 4.39 Å². The van der Waals surface area contributed by atoms with E-state index in [4.69, 9.17) is 0 Å². The summed E-state index contributed by atoms with van der Waals surface area (Å²) in [7, 11) is 0. The molecule has 2 rings (SSSR count). The van der Waals surface area contributed by atoms with E-state index in [1.54, 1.807) is 30.3 Å². The molecular formula is C14H10BrFO. The zero-order valence-electron chi connectivity index (χ0n) is 9.21. The molecule has 2 aromatic carbocycles.